The van der Waals surface area contributed by atoms with Crippen molar-refractivity contribution in [2.24, 2.45) is 0 Å². The Labute approximate surface area is 106 Å². The lowest BCUT2D eigenvalue weighted by Crippen LogP contribution is -2.25. The van der Waals surface area contributed by atoms with Gasteiger partial charge in [0, 0.05) is 16.0 Å². The molecule has 0 heterocycles. The highest BCUT2D eigenvalue weighted by Crippen LogP contribution is 2.14. The van der Waals surface area contributed by atoms with Crippen LogP contribution in [0.25, 0.3) is 0 Å². The Morgan fingerprint density at radius 1 is 1.53 bits per heavy atom. The minimum atomic E-state index is -0.550. The normalized spacial score (nSPS) is 10.1. The summed E-state index contributed by atoms with van der Waals surface area (Å²) in [5.41, 5.74) is -0.00374. The third-order valence-electron chi connectivity index (χ3n) is 1.77. The van der Waals surface area contributed by atoms with Gasteiger partial charge in [-0.05, 0) is 24.6 Å². The standard InChI is InChI=1S/C10H10ClFINO/c11-7-2-3-9(12)8(6-7)10(15)14-5-1-4-13/h2-3,6H,1,4-5H2,(H,14,15). The number of carbonyl (C=O) groups excluding carboxylic acids is 1. The van der Waals surface area contributed by atoms with E-state index in [-0.39, 0.29) is 5.56 Å². The Hall–Kier alpha value is -0.360. The number of rotatable bonds is 4. The third kappa shape index (κ3) is 3.95. The Morgan fingerprint density at radius 3 is 2.93 bits per heavy atom. The zero-order valence-electron chi connectivity index (χ0n) is 7.90. The Balaban J connectivity index is 2.68. The van der Waals surface area contributed by atoms with Gasteiger partial charge in [0.05, 0.1) is 5.56 Å². The molecule has 5 heteroatoms. The first-order valence-corrected chi connectivity index (χ1v) is 6.34. The van der Waals surface area contributed by atoms with Crippen molar-refractivity contribution in [1.29, 1.82) is 0 Å². The molecule has 1 amide bonds. The topological polar surface area (TPSA) is 29.1 Å². The maximum Gasteiger partial charge on any atom is 0.254 e. The minimum Gasteiger partial charge on any atom is -0.352 e. The molecule has 0 aliphatic rings. The maximum atomic E-state index is 13.2. The van der Waals surface area contributed by atoms with Crippen LogP contribution in [0.5, 0.6) is 0 Å². The second-order valence-corrected chi connectivity index (χ2v) is 4.44. The van der Waals surface area contributed by atoms with Crippen LogP contribution in [0.3, 0.4) is 0 Å². The van der Waals surface area contributed by atoms with E-state index in [0.717, 1.165) is 10.8 Å². The molecule has 0 aliphatic heterocycles. The fourth-order valence-corrected chi connectivity index (χ4v) is 1.59. The van der Waals surface area contributed by atoms with Crippen molar-refractivity contribution in [1.82, 2.24) is 5.32 Å². The van der Waals surface area contributed by atoms with Gasteiger partial charge in [-0.1, -0.05) is 34.2 Å². The van der Waals surface area contributed by atoms with Crippen molar-refractivity contribution >= 4 is 40.1 Å². The molecule has 0 fully saturated rings. The summed E-state index contributed by atoms with van der Waals surface area (Å²) in [6.07, 6.45) is 0.870. The van der Waals surface area contributed by atoms with Gasteiger partial charge < -0.3 is 5.32 Å². The van der Waals surface area contributed by atoms with E-state index in [9.17, 15) is 9.18 Å². The lowest BCUT2D eigenvalue weighted by Gasteiger charge is -2.05. The maximum absolute atomic E-state index is 13.2. The van der Waals surface area contributed by atoms with Gasteiger partial charge in [-0.25, -0.2) is 4.39 Å². The molecule has 15 heavy (non-hydrogen) atoms. The Bertz CT molecular complexity index is 359. The molecular formula is C10H10ClFINO. The summed E-state index contributed by atoms with van der Waals surface area (Å²) in [6.45, 7) is 0.549. The fourth-order valence-electron chi connectivity index (χ4n) is 1.04. The van der Waals surface area contributed by atoms with Gasteiger partial charge in [0.25, 0.3) is 5.91 Å². The van der Waals surface area contributed by atoms with Gasteiger partial charge >= 0.3 is 0 Å². The lowest BCUT2D eigenvalue weighted by atomic mass is 10.2. The zero-order chi connectivity index (χ0) is 11.3. The second kappa shape index (κ2) is 6.27. The van der Waals surface area contributed by atoms with E-state index in [2.05, 4.69) is 27.9 Å². The highest BCUT2D eigenvalue weighted by molar-refractivity contribution is 14.1. The first-order valence-electron chi connectivity index (χ1n) is 4.44. The van der Waals surface area contributed by atoms with E-state index in [0.29, 0.717) is 11.6 Å². The third-order valence-corrected chi connectivity index (χ3v) is 2.77. The number of hydrogen-bond acceptors (Lipinski definition) is 1. The van der Waals surface area contributed by atoms with Gasteiger partial charge in [0.2, 0.25) is 0 Å². The number of halogens is 3. The number of carbonyl (C=O) groups is 1. The SMILES string of the molecule is O=C(NCCCI)c1cc(Cl)ccc1F. The van der Waals surface area contributed by atoms with Crippen LogP contribution in [0.4, 0.5) is 4.39 Å². The molecule has 0 radical (unpaired) electrons. The molecule has 0 unspecified atom stereocenters. The van der Waals surface area contributed by atoms with E-state index in [4.69, 9.17) is 11.6 Å². The van der Waals surface area contributed by atoms with Crippen LogP contribution in [0.15, 0.2) is 18.2 Å². The first-order chi connectivity index (χ1) is 7.15. The largest absolute Gasteiger partial charge is 0.352 e. The highest BCUT2D eigenvalue weighted by atomic mass is 127. The molecule has 0 saturated carbocycles. The van der Waals surface area contributed by atoms with Crippen molar-refractivity contribution in [3.63, 3.8) is 0 Å². The van der Waals surface area contributed by atoms with Gasteiger partial charge in [-0.2, -0.15) is 0 Å². The summed E-state index contributed by atoms with van der Waals surface area (Å²) in [7, 11) is 0. The predicted octanol–water partition coefficient (Wildman–Crippen LogP) is 3.03. The zero-order valence-corrected chi connectivity index (χ0v) is 10.8. The number of hydrogen-bond donors (Lipinski definition) is 1. The summed E-state index contributed by atoms with van der Waals surface area (Å²) < 4.78 is 14.2. The summed E-state index contributed by atoms with van der Waals surface area (Å²) in [5.74, 6) is -0.966. The Kier molecular flexibility index (Phi) is 5.31. The molecule has 0 atom stereocenters. The molecule has 0 bridgehead atoms. The molecular weight excluding hydrogens is 331 g/mol. The molecule has 1 aromatic carbocycles. The lowest BCUT2D eigenvalue weighted by molar-refractivity contribution is 0.0950. The van der Waals surface area contributed by atoms with Crippen LogP contribution in [0.2, 0.25) is 5.02 Å². The summed E-state index contributed by atoms with van der Waals surface area (Å²) in [4.78, 5) is 11.5. The van der Waals surface area contributed by atoms with E-state index < -0.39 is 11.7 Å². The second-order valence-electron chi connectivity index (χ2n) is 2.92. The molecule has 1 rings (SSSR count). The van der Waals surface area contributed by atoms with Gasteiger partial charge in [-0.3, -0.25) is 4.79 Å². The van der Waals surface area contributed by atoms with E-state index in [1.165, 1.54) is 18.2 Å². The van der Waals surface area contributed by atoms with Crippen LogP contribution in [0.1, 0.15) is 16.8 Å². The van der Waals surface area contributed by atoms with E-state index in [1.54, 1.807) is 0 Å². The van der Waals surface area contributed by atoms with Gasteiger partial charge in [0.15, 0.2) is 0 Å². The van der Waals surface area contributed by atoms with Crippen LogP contribution >= 0.6 is 34.2 Å². The number of alkyl halides is 1. The molecule has 0 aliphatic carbocycles. The highest BCUT2D eigenvalue weighted by Gasteiger charge is 2.11. The van der Waals surface area contributed by atoms with Gasteiger partial charge in [-0.15, -0.1) is 0 Å². The van der Waals surface area contributed by atoms with Crippen molar-refractivity contribution in [2.45, 2.75) is 6.42 Å². The monoisotopic (exact) mass is 341 g/mol. The van der Waals surface area contributed by atoms with Crippen LogP contribution in [-0.2, 0) is 0 Å². The number of nitrogens with one attached hydrogen (secondary N) is 1. The molecule has 0 spiro atoms. The van der Waals surface area contributed by atoms with Crippen LogP contribution in [0, 0.1) is 5.82 Å². The van der Waals surface area contributed by atoms with Crippen LogP contribution < -0.4 is 5.32 Å². The van der Waals surface area contributed by atoms with Crippen molar-refractivity contribution < 1.29 is 9.18 Å². The molecule has 1 N–H and O–H groups in total. The summed E-state index contributed by atoms with van der Waals surface area (Å²) in [6, 6.07) is 3.93. The molecule has 0 saturated heterocycles. The average molecular weight is 342 g/mol. The number of benzene rings is 1. The quantitative estimate of drug-likeness (QED) is 0.509. The van der Waals surface area contributed by atoms with Crippen LogP contribution in [-0.4, -0.2) is 16.9 Å². The predicted molar refractivity (Wildman–Crippen MR) is 67.2 cm³/mol. The van der Waals surface area contributed by atoms with Crippen molar-refractivity contribution in [2.75, 3.05) is 11.0 Å². The average Bonchev–Trinajstić information content (AvgIpc) is 2.22. The Morgan fingerprint density at radius 2 is 2.27 bits per heavy atom. The van der Waals surface area contributed by atoms with Gasteiger partial charge in [0.1, 0.15) is 5.82 Å². The van der Waals surface area contributed by atoms with Crippen molar-refractivity contribution in [3.8, 4) is 0 Å². The van der Waals surface area contributed by atoms with E-state index >= 15 is 0 Å². The fraction of sp³-hybridized carbons (Fsp3) is 0.300. The van der Waals surface area contributed by atoms with E-state index in [1.807, 2.05) is 0 Å². The number of amides is 1. The summed E-state index contributed by atoms with van der Waals surface area (Å²) >= 11 is 7.89. The molecule has 2 nitrogen and oxygen atoms in total. The van der Waals surface area contributed by atoms with Crippen molar-refractivity contribution in [3.05, 3.63) is 34.6 Å². The smallest absolute Gasteiger partial charge is 0.254 e. The minimum absolute atomic E-state index is 0.00374. The first kappa shape index (κ1) is 12.7. The molecule has 82 valence electrons. The molecule has 0 aromatic heterocycles. The molecule has 1 aromatic rings. The summed E-state index contributed by atoms with van der Waals surface area (Å²) in [5, 5.41) is 2.98.